The second-order valence-electron chi connectivity index (χ2n) is 4.84. The second kappa shape index (κ2) is 7.28. The molecule has 1 unspecified atom stereocenters. The Balaban J connectivity index is 3.00. The number of alkyl carbamates (subject to hydrolysis) is 1. The van der Waals surface area contributed by atoms with E-state index in [1.54, 1.807) is 25.1 Å². The number of hydrogen-bond donors (Lipinski definition) is 1. The average molecular weight is 299 g/mol. The summed E-state index contributed by atoms with van der Waals surface area (Å²) in [6.45, 7) is 5.68. The fraction of sp³-hybridized carbons (Fsp3) is 0.500. The number of nitrogens with one attached hydrogen (secondary N) is 1. The van der Waals surface area contributed by atoms with E-state index in [1.807, 2.05) is 13.8 Å². The smallest absolute Gasteiger partial charge is 0.408 e. The van der Waals surface area contributed by atoms with Crippen LogP contribution in [0.25, 0.3) is 0 Å². The molecule has 0 aromatic heterocycles. The molecule has 112 valence electrons. The average Bonchev–Trinajstić information content (AvgIpc) is 2.38. The highest BCUT2D eigenvalue weighted by Gasteiger charge is 2.29. The quantitative estimate of drug-likeness (QED) is 0.876. The number of benzene rings is 1. The molecule has 1 amide bonds. The van der Waals surface area contributed by atoms with Gasteiger partial charge in [0.05, 0.1) is 11.5 Å². The standard InChI is InChI=1S/C14H21NO4S/c1-4-19-14(16)15-13(10-11(2)3)20(17,18)12-8-6-5-7-9-12/h5-9,11,13H,4,10H2,1-3H3,(H,15,16). The predicted molar refractivity (Wildman–Crippen MR) is 77.0 cm³/mol. The zero-order valence-electron chi connectivity index (χ0n) is 12.0. The lowest BCUT2D eigenvalue weighted by Crippen LogP contribution is -2.42. The van der Waals surface area contributed by atoms with Crippen molar-refractivity contribution in [1.29, 1.82) is 0 Å². The number of hydrogen-bond acceptors (Lipinski definition) is 4. The predicted octanol–water partition coefficient (Wildman–Crippen LogP) is 2.58. The van der Waals surface area contributed by atoms with E-state index in [0.29, 0.717) is 6.42 Å². The SMILES string of the molecule is CCOC(=O)NC(CC(C)C)S(=O)(=O)c1ccccc1. The molecule has 0 saturated heterocycles. The molecule has 6 heteroatoms. The number of carbonyl (C=O) groups is 1. The van der Waals surface area contributed by atoms with Crippen LogP contribution in [0, 0.1) is 5.92 Å². The van der Waals surface area contributed by atoms with Crippen molar-refractivity contribution in [3.63, 3.8) is 0 Å². The Hall–Kier alpha value is -1.56. The first-order valence-corrected chi connectivity index (χ1v) is 8.14. The molecular weight excluding hydrogens is 278 g/mol. The van der Waals surface area contributed by atoms with Crippen LogP contribution in [0.2, 0.25) is 0 Å². The number of ether oxygens (including phenoxy) is 1. The fourth-order valence-electron chi connectivity index (χ4n) is 1.77. The van der Waals surface area contributed by atoms with Crippen LogP contribution in [0.15, 0.2) is 35.2 Å². The molecule has 0 aliphatic heterocycles. The van der Waals surface area contributed by atoms with Crippen LogP contribution in [0.3, 0.4) is 0 Å². The van der Waals surface area contributed by atoms with Crippen LogP contribution in [0.5, 0.6) is 0 Å². The van der Waals surface area contributed by atoms with Gasteiger partial charge in [-0.25, -0.2) is 13.2 Å². The van der Waals surface area contributed by atoms with Crippen LogP contribution in [0.1, 0.15) is 27.2 Å². The first-order chi connectivity index (χ1) is 9.37. The number of carbonyl (C=O) groups excluding carboxylic acids is 1. The van der Waals surface area contributed by atoms with Gasteiger partial charge in [0.15, 0.2) is 9.84 Å². The van der Waals surface area contributed by atoms with Crippen molar-refractivity contribution in [2.75, 3.05) is 6.61 Å². The third-order valence-electron chi connectivity index (χ3n) is 2.69. The van der Waals surface area contributed by atoms with E-state index in [9.17, 15) is 13.2 Å². The van der Waals surface area contributed by atoms with Gasteiger partial charge in [-0.05, 0) is 31.4 Å². The van der Waals surface area contributed by atoms with Crippen LogP contribution in [-0.2, 0) is 14.6 Å². The normalized spacial score (nSPS) is 13.0. The number of rotatable bonds is 6. The first kappa shape index (κ1) is 16.5. The van der Waals surface area contributed by atoms with Gasteiger partial charge in [-0.15, -0.1) is 0 Å². The van der Waals surface area contributed by atoms with Gasteiger partial charge in [-0.1, -0.05) is 32.0 Å². The summed E-state index contributed by atoms with van der Waals surface area (Å²) in [6.07, 6.45) is -0.381. The van der Waals surface area contributed by atoms with Gasteiger partial charge in [0.2, 0.25) is 0 Å². The molecule has 1 N–H and O–H groups in total. The Bertz CT molecular complexity index is 525. The molecule has 0 saturated carbocycles. The summed E-state index contributed by atoms with van der Waals surface area (Å²) in [5.41, 5.74) is 0. The van der Waals surface area contributed by atoms with E-state index in [-0.39, 0.29) is 17.4 Å². The van der Waals surface area contributed by atoms with Crippen molar-refractivity contribution in [3.05, 3.63) is 30.3 Å². The molecule has 0 fully saturated rings. The summed E-state index contributed by atoms with van der Waals surface area (Å²) in [5, 5.41) is 1.46. The molecule has 0 bridgehead atoms. The monoisotopic (exact) mass is 299 g/mol. The minimum absolute atomic E-state index is 0.125. The third kappa shape index (κ3) is 4.52. The molecule has 0 aliphatic carbocycles. The maximum absolute atomic E-state index is 12.5. The van der Waals surface area contributed by atoms with Crippen molar-refractivity contribution in [1.82, 2.24) is 5.32 Å². The third-order valence-corrected chi connectivity index (χ3v) is 4.67. The molecule has 0 spiro atoms. The Morgan fingerprint density at radius 3 is 2.35 bits per heavy atom. The highest BCUT2D eigenvalue weighted by molar-refractivity contribution is 7.92. The van der Waals surface area contributed by atoms with Gasteiger partial charge >= 0.3 is 6.09 Å². The lowest BCUT2D eigenvalue weighted by Gasteiger charge is -2.20. The first-order valence-electron chi connectivity index (χ1n) is 6.60. The minimum Gasteiger partial charge on any atom is -0.450 e. The summed E-state index contributed by atoms with van der Waals surface area (Å²) < 4.78 is 29.8. The molecule has 0 heterocycles. The van der Waals surface area contributed by atoms with Gasteiger partial charge in [0, 0.05) is 0 Å². The van der Waals surface area contributed by atoms with Gasteiger partial charge in [-0.3, -0.25) is 0 Å². The summed E-state index contributed by atoms with van der Waals surface area (Å²) in [4.78, 5) is 11.7. The summed E-state index contributed by atoms with van der Waals surface area (Å²) in [7, 11) is -3.62. The highest BCUT2D eigenvalue weighted by Crippen LogP contribution is 2.19. The van der Waals surface area contributed by atoms with Crippen LogP contribution >= 0.6 is 0 Å². The number of sulfone groups is 1. The zero-order chi connectivity index (χ0) is 15.2. The van der Waals surface area contributed by atoms with Crippen LogP contribution in [0.4, 0.5) is 4.79 Å². The number of amides is 1. The van der Waals surface area contributed by atoms with Crippen molar-refractivity contribution in [2.24, 2.45) is 5.92 Å². The lowest BCUT2D eigenvalue weighted by atomic mass is 10.1. The Morgan fingerprint density at radius 2 is 1.85 bits per heavy atom. The molecule has 0 radical (unpaired) electrons. The van der Waals surface area contributed by atoms with Gasteiger partial charge in [0.25, 0.3) is 0 Å². The summed E-state index contributed by atoms with van der Waals surface area (Å²) >= 11 is 0. The maximum atomic E-state index is 12.5. The molecule has 1 rings (SSSR count). The second-order valence-corrected chi connectivity index (χ2v) is 6.97. The van der Waals surface area contributed by atoms with Crippen molar-refractivity contribution >= 4 is 15.9 Å². The summed E-state index contributed by atoms with van der Waals surface area (Å²) in [5.74, 6) is 0.125. The lowest BCUT2D eigenvalue weighted by molar-refractivity contribution is 0.150. The molecule has 5 nitrogen and oxygen atoms in total. The fourth-order valence-corrected chi connectivity index (χ4v) is 3.52. The van der Waals surface area contributed by atoms with Crippen LogP contribution in [-0.4, -0.2) is 26.5 Å². The molecule has 1 aromatic rings. The Morgan fingerprint density at radius 1 is 1.25 bits per heavy atom. The largest absolute Gasteiger partial charge is 0.450 e. The summed E-state index contributed by atoms with van der Waals surface area (Å²) in [6, 6.07) is 8.10. The molecule has 0 aliphatic rings. The van der Waals surface area contributed by atoms with E-state index < -0.39 is 21.3 Å². The highest BCUT2D eigenvalue weighted by atomic mass is 32.2. The van der Waals surface area contributed by atoms with Crippen LogP contribution < -0.4 is 5.32 Å². The zero-order valence-corrected chi connectivity index (χ0v) is 12.8. The molecule has 1 atom stereocenters. The van der Waals surface area contributed by atoms with Gasteiger partial charge in [0.1, 0.15) is 5.37 Å². The van der Waals surface area contributed by atoms with Crippen molar-refractivity contribution in [3.8, 4) is 0 Å². The van der Waals surface area contributed by atoms with Gasteiger partial charge < -0.3 is 10.1 Å². The minimum atomic E-state index is -3.62. The van der Waals surface area contributed by atoms with E-state index in [0.717, 1.165) is 0 Å². The topological polar surface area (TPSA) is 72.5 Å². The van der Waals surface area contributed by atoms with Crippen molar-refractivity contribution in [2.45, 2.75) is 37.5 Å². The Kier molecular flexibility index (Phi) is 6.01. The molecular formula is C14H21NO4S. The molecule has 20 heavy (non-hydrogen) atoms. The maximum Gasteiger partial charge on any atom is 0.408 e. The molecule has 1 aromatic carbocycles. The van der Waals surface area contributed by atoms with E-state index in [4.69, 9.17) is 4.74 Å². The Labute approximate surface area is 120 Å². The van der Waals surface area contributed by atoms with E-state index in [1.165, 1.54) is 12.1 Å². The van der Waals surface area contributed by atoms with Crippen molar-refractivity contribution < 1.29 is 17.9 Å². The van der Waals surface area contributed by atoms with Gasteiger partial charge in [-0.2, -0.15) is 0 Å². The van der Waals surface area contributed by atoms with E-state index in [2.05, 4.69) is 5.32 Å². The van der Waals surface area contributed by atoms with E-state index >= 15 is 0 Å².